The van der Waals surface area contributed by atoms with E-state index < -0.39 is 47.7 Å². The summed E-state index contributed by atoms with van der Waals surface area (Å²) in [6.45, 7) is 5.55. The van der Waals surface area contributed by atoms with Gasteiger partial charge in [0.15, 0.2) is 0 Å². The first kappa shape index (κ1) is 26.7. The van der Waals surface area contributed by atoms with Crippen molar-refractivity contribution >= 4 is 23.8 Å². The smallest absolute Gasteiger partial charge is 0.410 e. The van der Waals surface area contributed by atoms with Crippen LogP contribution in [0, 0.1) is 11.8 Å². The molecule has 2 unspecified atom stereocenters. The second-order valence-corrected chi connectivity index (χ2v) is 10.9. The van der Waals surface area contributed by atoms with Crippen LogP contribution in [0.5, 0.6) is 5.75 Å². The molecule has 0 aromatic heterocycles. The fourth-order valence-corrected chi connectivity index (χ4v) is 5.33. The predicted octanol–water partition coefficient (Wildman–Crippen LogP) is 1.04. The third-order valence-corrected chi connectivity index (χ3v) is 6.98. The van der Waals surface area contributed by atoms with Crippen LogP contribution < -0.4 is 15.8 Å². The predicted molar refractivity (Wildman–Crippen MR) is 132 cm³/mol. The highest BCUT2D eigenvalue weighted by Crippen LogP contribution is 2.41. The highest BCUT2D eigenvalue weighted by molar-refractivity contribution is 5.93. The number of hydrogen-bond acceptors (Lipinski definition) is 7. The molecule has 0 bridgehead atoms. The van der Waals surface area contributed by atoms with Gasteiger partial charge in [-0.05, 0) is 51.2 Å². The molecule has 0 spiro atoms. The van der Waals surface area contributed by atoms with Crippen molar-refractivity contribution in [3.05, 3.63) is 29.8 Å². The molecule has 11 heteroatoms. The van der Waals surface area contributed by atoms with Crippen LogP contribution in [0.4, 0.5) is 4.79 Å². The monoisotopic (exact) mass is 516 g/mol. The Bertz CT molecular complexity index is 1060. The Hall–Kier alpha value is -3.34. The summed E-state index contributed by atoms with van der Waals surface area (Å²) >= 11 is 0. The van der Waals surface area contributed by atoms with Crippen molar-refractivity contribution in [2.45, 2.75) is 63.9 Å². The molecular weight excluding hydrogens is 480 g/mol. The van der Waals surface area contributed by atoms with E-state index in [0.29, 0.717) is 19.4 Å². The average Bonchev–Trinajstić information content (AvgIpc) is 3.14. The van der Waals surface area contributed by atoms with Gasteiger partial charge < -0.3 is 35.1 Å². The summed E-state index contributed by atoms with van der Waals surface area (Å²) in [6, 6.07) is 5.98. The Balaban J connectivity index is 1.44. The number of hydrogen-bond donors (Lipinski definition) is 2. The molecule has 5 atom stereocenters. The molecule has 4 amide bonds. The van der Waals surface area contributed by atoms with Gasteiger partial charge in [0.05, 0.1) is 13.2 Å². The summed E-state index contributed by atoms with van der Waals surface area (Å²) in [6.07, 6.45) is 0.141. The van der Waals surface area contributed by atoms with Gasteiger partial charge in [0.2, 0.25) is 17.7 Å². The molecular formula is C26H36N4O7. The number of nitrogens with zero attached hydrogens (tertiary/aromatic N) is 2. The molecule has 1 aromatic rings. The fraction of sp³-hybridized carbons (Fsp3) is 0.615. The van der Waals surface area contributed by atoms with E-state index in [-0.39, 0.29) is 31.4 Å². The van der Waals surface area contributed by atoms with Gasteiger partial charge in [-0.15, -0.1) is 0 Å². The minimum absolute atomic E-state index is 0.0220. The maximum atomic E-state index is 13.6. The van der Waals surface area contributed by atoms with Gasteiger partial charge in [0.25, 0.3) is 0 Å². The standard InChI is InChI=1S/C26H36N4O7/c1-26(2,3)37-25(34)29(4)13-20(31)28-18-9-10-35-21-12-17(22(23(27)32)30(21)24(18)33)16-11-15-7-5-6-8-19(15)36-14-16/h5-8,16-18,21-22H,9-14H2,1-4H3,(H2,27,32)(H,28,31)/t16?,17?,18-,21-,22+/m0/s1. The van der Waals surface area contributed by atoms with Crippen molar-refractivity contribution in [1.29, 1.82) is 0 Å². The molecule has 37 heavy (non-hydrogen) atoms. The molecule has 2 saturated heterocycles. The molecule has 2 fully saturated rings. The molecule has 0 aliphatic carbocycles. The molecule has 4 rings (SSSR count). The van der Waals surface area contributed by atoms with E-state index in [2.05, 4.69) is 5.32 Å². The molecule has 0 radical (unpaired) electrons. The molecule has 202 valence electrons. The maximum absolute atomic E-state index is 13.6. The van der Waals surface area contributed by atoms with E-state index in [0.717, 1.165) is 16.2 Å². The lowest BCUT2D eigenvalue weighted by Gasteiger charge is -2.34. The van der Waals surface area contributed by atoms with E-state index in [1.54, 1.807) is 20.8 Å². The van der Waals surface area contributed by atoms with Crippen LogP contribution in [-0.2, 0) is 30.3 Å². The number of para-hydroxylation sites is 1. The summed E-state index contributed by atoms with van der Waals surface area (Å²) in [5, 5.41) is 2.70. The Morgan fingerprint density at radius 2 is 1.97 bits per heavy atom. The second-order valence-electron chi connectivity index (χ2n) is 10.9. The van der Waals surface area contributed by atoms with Crippen LogP contribution in [-0.4, -0.2) is 84.3 Å². The number of rotatable bonds is 5. The number of benzene rings is 1. The zero-order valence-corrected chi connectivity index (χ0v) is 21.8. The number of amides is 4. The summed E-state index contributed by atoms with van der Waals surface area (Å²) < 4.78 is 17.2. The first-order valence-corrected chi connectivity index (χ1v) is 12.6. The number of primary amides is 1. The van der Waals surface area contributed by atoms with Crippen LogP contribution in [0.2, 0.25) is 0 Å². The minimum atomic E-state index is -0.909. The zero-order valence-electron chi connectivity index (χ0n) is 21.8. The zero-order chi connectivity index (χ0) is 26.9. The van der Waals surface area contributed by atoms with Crippen molar-refractivity contribution in [2.24, 2.45) is 17.6 Å². The Morgan fingerprint density at radius 3 is 2.68 bits per heavy atom. The molecule has 0 saturated carbocycles. The quantitative estimate of drug-likeness (QED) is 0.596. The molecule has 3 N–H and O–H groups in total. The van der Waals surface area contributed by atoms with Crippen LogP contribution in [0.15, 0.2) is 24.3 Å². The fourth-order valence-electron chi connectivity index (χ4n) is 5.33. The van der Waals surface area contributed by atoms with Crippen LogP contribution in [0.25, 0.3) is 0 Å². The lowest BCUT2D eigenvalue weighted by Crippen LogP contribution is -2.56. The number of nitrogens with two attached hydrogens (primary N) is 1. The third kappa shape index (κ3) is 5.98. The topological polar surface area (TPSA) is 140 Å². The van der Waals surface area contributed by atoms with Gasteiger partial charge in [-0.1, -0.05) is 18.2 Å². The molecule has 11 nitrogen and oxygen atoms in total. The van der Waals surface area contributed by atoms with Crippen LogP contribution in [0.1, 0.15) is 39.2 Å². The van der Waals surface area contributed by atoms with Gasteiger partial charge in [0, 0.05) is 19.4 Å². The van der Waals surface area contributed by atoms with E-state index in [4.69, 9.17) is 19.9 Å². The van der Waals surface area contributed by atoms with Crippen LogP contribution >= 0.6 is 0 Å². The van der Waals surface area contributed by atoms with Gasteiger partial charge in [0.1, 0.15) is 36.2 Å². The van der Waals surface area contributed by atoms with Gasteiger partial charge in [-0.25, -0.2) is 4.79 Å². The summed E-state index contributed by atoms with van der Waals surface area (Å²) in [5.41, 5.74) is 6.18. The van der Waals surface area contributed by atoms with Gasteiger partial charge in [-0.2, -0.15) is 0 Å². The Kier molecular flexibility index (Phi) is 7.63. The molecule has 3 aliphatic heterocycles. The Morgan fingerprint density at radius 1 is 1.24 bits per heavy atom. The van der Waals surface area contributed by atoms with E-state index in [1.165, 1.54) is 11.9 Å². The van der Waals surface area contributed by atoms with Crippen molar-refractivity contribution in [3.8, 4) is 5.75 Å². The summed E-state index contributed by atoms with van der Waals surface area (Å²) in [7, 11) is 1.44. The first-order chi connectivity index (χ1) is 17.4. The van der Waals surface area contributed by atoms with Crippen molar-refractivity contribution in [3.63, 3.8) is 0 Å². The number of likely N-dealkylation sites (N-methyl/N-ethyl adjacent to an activating group) is 1. The average molecular weight is 517 g/mol. The number of fused-ring (bicyclic) bond motifs is 2. The van der Waals surface area contributed by atoms with Crippen molar-refractivity contribution in [2.75, 3.05) is 26.8 Å². The normalized spacial score (nSPS) is 27.3. The van der Waals surface area contributed by atoms with Gasteiger partial charge >= 0.3 is 6.09 Å². The first-order valence-electron chi connectivity index (χ1n) is 12.6. The maximum Gasteiger partial charge on any atom is 0.410 e. The SMILES string of the molecule is CN(CC(=O)N[C@H]1CCO[C@H]2CC(C3COc4ccccc4C3)[C@H](C(N)=O)N2C1=O)C(=O)OC(C)(C)C. The lowest BCUT2D eigenvalue weighted by molar-refractivity contribution is -0.148. The molecule has 3 heterocycles. The molecule has 1 aromatic carbocycles. The van der Waals surface area contributed by atoms with E-state index in [9.17, 15) is 19.2 Å². The minimum Gasteiger partial charge on any atom is -0.493 e. The van der Waals surface area contributed by atoms with E-state index in [1.807, 2.05) is 24.3 Å². The van der Waals surface area contributed by atoms with Crippen molar-refractivity contribution < 1.29 is 33.4 Å². The van der Waals surface area contributed by atoms with Crippen LogP contribution in [0.3, 0.4) is 0 Å². The largest absolute Gasteiger partial charge is 0.493 e. The number of carbonyl (C=O) groups is 4. The highest BCUT2D eigenvalue weighted by Gasteiger charge is 2.53. The summed E-state index contributed by atoms with van der Waals surface area (Å²) in [4.78, 5) is 53.7. The third-order valence-electron chi connectivity index (χ3n) is 6.98. The van der Waals surface area contributed by atoms with Gasteiger partial charge in [-0.3, -0.25) is 14.4 Å². The summed E-state index contributed by atoms with van der Waals surface area (Å²) in [5.74, 6) is -0.986. The number of carbonyl (C=O) groups excluding carboxylic acids is 4. The molecule has 3 aliphatic rings. The number of ether oxygens (including phenoxy) is 3. The lowest BCUT2D eigenvalue weighted by atomic mass is 9.80. The number of nitrogens with one attached hydrogen (secondary N) is 1. The van der Waals surface area contributed by atoms with Crippen molar-refractivity contribution in [1.82, 2.24) is 15.1 Å². The Labute approximate surface area is 216 Å². The highest BCUT2D eigenvalue weighted by atomic mass is 16.6. The van der Waals surface area contributed by atoms with E-state index >= 15 is 0 Å². The second kappa shape index (κ2) is 10.6.